The number of ether oxygens (including phenoxy) is 1. The van der Waals surface area contributed by atoms with Crippen molar-refractivity contribution in [3.8, 4) is 5.88 Å². The smallest absolute Gasteiger partial charge is 0.251 e. The molecule has 26 heavy (non-hydrogen) atoms. The van der Waals surface area contributed by atoms with Gasteiger partial charge in [-0.15, -0.1) is 0 Å². The Balaban J connectivity index is 1.82. The third-order valence-electron chi connectivity index (χ3n) is 4.77. The zero-order valence-electron chi connectivity index (χ0n) is 14.8. The molecule has 0 unspecified atom stereocenters. The molecule has 6 nitrogen and oxygen atoms in total. The summed E-state index contributed by atoms with van der Waals surface area (Å²) in [6.45, 7) is 1.47. The molecular weight excluding hydrogens is 332 g/mol. The van der Waals surface area contributed by atoms with Gasteiger partial charge < -0.3 is 15.2 Å². The predicted molar refractivity (Wildman–Crippen MR) is 96.2 cm³/mol. The Morgan fingerprint density at radius 2 is 1.96 bits per heavy atom. The number of aromatic nitrogens is 1. The number of carbonyl (C=O) groups excluding carboxylic acids is 2. The number of methoxy groups -OCH3 is 1. The molecule has 0 saturated heterocycles. The summed E-state index contributed by atoms with van der Waals surface area (Å²) in [4.78, 5) is 28.5. The van der Waals surface area contributed by atoms with Gasteiger partial charge >= 0.3 is 0 Å². The first-order valence-electron chi connectivity index (χ1n) is 8.58. The first-order valence-corrected chi connectivity index (χ1v) is 8.58. The highest BCUT2D eigenvalue weighted by Crippen LogP contribution is 2.38. The molecule has 1 aromatic heterocycles. The molecule has 0 radical (unpaired) electrons. The van der Waals surface area contributed by atoms with E-state index < -0.39 is 0 Å². The van der Waals surface area contributed by atoms with Crippen molar-refractivity contribution in [3.05, 3.63) is 59.3 Å². The van der Waals surface area contributed by atoms with Crippen LogP contribution in [-0.2, 0) is 0 Å². The molecule has 1 aliphatic carbocycles. The second-order valence-corrected chi connectivity index (χ2v) is 6.61. The fourth-order valence-corrected chi connectivity index (χ4v) is 3.18. The summed E-state index contributed by atoms with van der Waals surface area (Å²) in [6.07, 6.45) is 2.61. The summed E-state index contributed by atoms with van der Waals surface area (Å²) in [5, 5.41) is 12.7. The standard InChI is InChI=1S/C20H22N2O4/c1-12(23)13-4-3-5-14(8-13)20(25)22-19(16-9-17(24)10-16)15-6-7-18(26-2)21-11-15/h3-8,11,16-17,19,24H,9-10H2,1-2H3,(H,22,25)/t16?,17?,19-/m1/s1. The number of pyridine rings is 1. The number of Topliss-reactive ketones (excluding diaryl/α,β-unsaturated/α-hetero) is 1. The van der Waals surface area contributed by atoms with E-state index in [1.807, 2.05) is 6.07 Å². The lowest BCUT2D eigenvalue weighted by molar-refractivity contribution is 0.0234. The molecular formula is C20H22N2O4. The van der Waals surface area contributed by atoms with E-state index in [0.717, 1.165) is 5.56 Å². The molecule has 1 heterocycles. The molecule has 0 bridgehead atoms. The third kappa shape index (κ3) is 3.91. The summed E-state index contributed by atoms with van der Waals surface area (Å²) in [7, 11) is 1.55. The number of aliphatic hydroxyl groups excluding tert-OH is 1. The zero-order valence-corrected chi connectivity index (χ0v) is 14.8. The Kier molecular flexibility index (Phi) is 5.32. The van der Waals surface area contributed by atoms with Crippen molar-refractivity contribution in [1.82, 2.24) is 10.3 Å². The van der Waals surface area contributed by atoms with Crippen LogP contribution in [-0.4, -0.2) is 35.0 Å². The fourth-order valence-electron chi connectivity index (χ4n) is 3.18. The monoisotopic (exact) mass is 354 g/mol. The van der Waals surface area contributed by atoms with E-state index in [1.165, 1.54) is 6.92 Å². The first kappa shape index (κ1) is 18.1. The largest absolute Gasteiger partial charge is 0.481 e. The van der Waals surface area contributed by atoms with Crippen molar-refractivity contribution in [1.29, 1.82) is 0 Å². The Labute approximate surface area is 152 Å². The number of benzene rings is 1. The summed E-state index contributed by atoms with van der Waals surface area (Å²) < 4.78 is 5.08. The Bertz CT molecular complexity index is 798. The van der Waals surface area contributed by atoms with Crippen LogP contribution in [0.25, 0.3) is 0 Å². The number of aliphatic hydroxyl groups is 1. The molecule has 2 aromatic rings. The summed E-state index contributed by atoms with van der Waals surface area (Å²) in [5.74, 6) is 0.301. The van der Waals surface area contributed by atoms with Crippen LogP contribution < -0.4 is 10.1 Å². The van der Waals surface area contributed by atoms with Gasteiger partial charge in [0.2, 0.25) is 5.88 Å². The molecule has 0 spiro atoms. The maximum absolute atomic E-state index is 12.7. The molecule has 1 atom stereocenters. The molecule has 136 valence electrons. The van der Waals surface area contributed by atoms with Crippen molar-refractivity contribution in [3.63, 3.8) is 0 Å². The van der Waals surface area contributed by atoms with Crippen LogP contribution in [0, 0.1) is 5.92 Å². The van der Waals surface area contributed by atoms with Crippen molar-refractivity contribution in [2.75, 3.05) is 7.11 Å². The molecule has 6 heteroatoms. The van der Waals surface area contributed by atoms with Gasteiger partial charge in [-0.3, -0.25) is 9.59 Å². The highest BCUT2D eigenvalue weighted by atomic mass is 16.5. The number of ketones is 1. The molecule has 1 aliphatic rings. The lowest BCUT2D eigenvalue weighted by Gasteiger charge is -2.38. The van der Waals surface area contributed by atoms with E-state index in [4.69, 9.17) is 4.74 Å². The number of hydrogen-bond donors (Lipinski definition) is 2. The second kappa shape index (κ2) is 7.66. The van der Waals surface area contributed by atoms with Gasteiger partial charge in [0, 0.05) is 23.4 Å². The van der Waals surface area contributed by atoms with Gasteiger partial charge in [-0.1, -0.05) is 18.2 Å². The number of hydrogen-bond acceptors (Lipinski definition) is 5. The van der Waals surface area contributed by atoms with Crippen LogP contribution >= 0.6 is 0 Å². The van der Waals surface area contributed by atoms with Crippen LogP contribution in [0.3, 0.4) is 0 Å². The summed E-state index contributed by atoms with van der Waals surface area (Å²) >= 11 is 0. The van der Waals surface area contributed by atoms with Gasteiger partial charge in [-0.2, -0.15) is 0 Å². The van der Waals surface area contributed by atoms with Gasteiger partial charge in [-0.25, -0.2) is 4.98 Å². The Morgan fingerprint density at radius 1 is 1.23 bits per heavy atom. The number of nitrogens with one attached hydrogen (secondary N) is 1. The minimum absolute atomic E-state index is 0.0855. The van der Waals surface area contributed by atoms with E-state index in [-0.39, 0.29) is 29.8 Å². The highest BCUT2D eigenvalue weighted by Gasteiger charge is 2.36. The maximum atomic E-state index is 12.7. The molecule has 3 rings (SSSR count). The summed E-state index contributed by atoms with van der Waals surface area (Å²) in [6, 6.07) is 10.0. The third-order valence-corrected chi connectivity index (χ3v) is 4.77. The number of amides is 1. The Morgan fingerprint density at radius 3 is 2.54 bits per heavy atom. The molecule has 1 amide bonds. The maximum Gasteiger partial charge on any atom is 0.251 e. The molecule has 2 N–H and O–H groups in total. The number of nitrogens with zero attached hydrogens (tertiary/aromatic N) is 1. The fraction of sp³-hybridized carbons (Fsp3) is 0.350. The quantitative estimate of drug-likeness (QED) is 0.778. The second-order valence-electron chi connectivity index (χ2n) is 6.61. The van der Waals surface area contributed by atoms with Gasteiger partial charge in [0.25, 0.3) is 5.91 Å². The van der Waals surface area contributed by atoms with Crippen molar-refractivity contribution in [2.45, 2.75) is 31.9 Å². The molecule has 1 fully saturated rings. The topological polar surface area (TPSA) is 88.5 Å². The van der Waals surface area contributed by atoms with Crippen molar-refractivity contribution < 1.29 is 19.4 Å². The predicted octanol–water partition coefficient (Wildman–Crippen LogP) is 2.53. The van der Waals surface area contributed by atoms with Crippen LogP contribution in [0.15, 0.2) is 42.6 Å². The average Bonchev–Trinajstić information content (AvgIpc) is 2.64. The van der Waals surface area contributed by atoms with E-state index in [9.17, 15) is 14.7 Å². The first-order chi connectivity index (χ1) is 12.5. The van der Waals surface area contributed by atoms with E-state index in [1.54, 1.807) is 43.6 Å². The average molecular weight is 354 g/mol. The van der Waals surface area contributed by atoms with Crippen LogP contribution in [0.2, 0.25) is 0 Å². The molecule has 0 aliphatic heterocycles. The van der Waals surface area contributed by atoms with Gasteiger partial charge in [-0.05, 0) is 43.4 Å². The highest BCUT2D eigenvalue weighted by molar-refractivity contribution is 5.99. The van der Waals surface area contributed by atoms with E-state index >= 15 is 0 Å². The normalized spacial score (nSPS) is 20.0. The van der Waals surface area contributed by atoms with Gasteiger partial charge in [0.05, 0.1) is 19.3 Å². The van der Waals surface area contributed by atoms with Crippen LogP contribution in [0.5, 0.6) is 5.88 Å². The lowest BCUT2D eigenvalue weighted by atomic mass is 9.75. The van der Waals surface area contributed by atoms with Crippen LogP contribution in [0.1, 0.15) is 52.1 Å². The van der Waals surface area contributed by atoms with Crippen LogP contribution in [0.4, 0.5) is 0 Å². The van der Waals surface area contributed by atoms with Crippen molar-refractivity contribution >= 4 is 11.7 Å². The summed E-state index contributed by atoms with van der Waals surface area (Å²) in [5.41, 5.74) is 1.79. The minimum Gasteiger partial charge on any atom is -0.481 e. The number of rotatable bonds is 6. The van der Waals surface area contributed by atoms with E-state index in [0.29, 0.717) is 29.8 Å². The SMILES string of the molecule is COc1ccc([C@@H](NC(=O)c2cccc(C(C)=O)c2)C2CC(O)C2)cn1. The molecule has 1 aromatic carbocycles. The minimum atomic E-state index is -0.327. The molecule has 1 saturated carbocycles. The zero-order chi connectivity index (χ0) is 18.7. The van der Waals surface area contributed by atoms with E-state index in [2.05, 4.69) is 10.3 Å². The van der Waals surface area contributed by atoms with Gasteiger partial charge in [0.15, 0.2) is 5.78 Å². The lowest BCUT2D eigenvalue weighted by Crippen LogP contribution is -2.41. The van der Waals surface area contributed by atoms with Crippen molar-refractivity contribution in [2.24, 2.45) is 5.92 Å². The Hall–Kier alpha value is -2.73. The number of carbonyl (C=O) groups is 2. The van der Waals surface area contributed by atoms with Gasteiger partial charge in [0.1, 0.15) is 0 Å².